The van der Waals surface area contributed by atoms with Gasteiger partial charge in [0.25, 0.3) is 5.91 Å². The number of benzene rings is 1. The molecule has 5 heteroatoms. The van der Waals surface area contributed by atoms with E-state index < -0.39 is 0 Å². The van der Waals surface area contributed by atoms with Gasteiger partial charge in [-0.15, -0.1) is 0 Å². The third kappa shape index (κ3) is 4.05. The summed E-state index contributed by atoms with van der Waals surface area (Å²) in [6.07, 6.45) is 4.51. The zero-order valence-electron chi connectivity index (χ0n) is 14.9. The first kappa shape index (κ1) is 17.1. The van der Waals surface area contributed by atoms with E-state index in [9.17, 15) is 9.59 Å². The number of hydrogen-bond donors (Lipinski definition) is 1. The summed E-state index contributed by atoms with van der Waals surface area (Å²) in [5.74, 6) is -0.0585. The van der Waals surface area contributed by atoms with Gasteiger partial charge in [-0.3, -0.25) is 14.6 Å². The molecule has 0 radical (unpaired) electrons. The molecule has 25 heavy (non-hydrogen) atoms. The third-order valence-corrected chi connectivity index (χ3v) is 4.13. The molecule has 0 atom stereocenters. The number of amides is 2. The van der Waals surface area contributed by atoms with Crippen molar-refractivity contribution in [3.63, 3.8) is 0 Å². The van der Waals surface area contributed by atoms with Crippen LogP contribution in [-0.4, -0.2) is 23.3 Å². The Kier molecular flexibility index (Phi) is 4.57. The minimum absolute atomic E-state index is 0.0162. The molecule has 0 aliphatic carbocycles. The molecule has 2 heterocycles. The van der Waals surface area contributed by atoms with Crippen molar-refractivity contribution in [2.45, 2.75) is 33.6 Å². The Bertz CT molecular complexity index is 794. The Hall–Kier alpha value is -2.69. The van der Waals surface area contributed by atoms with Crippen LogP contribution >= 0.6 is 0 Å². The predicted molar refractivity (Wildman–Crippen MR) is 98.8 cm³/mol. The lowest BCUT2D eigenvalue weighted by Gasteiger charge is -2.19. The fourth-order valence-electron chi connectivity index (χ4n) is 3.01. The van der Waals surface area contributed by atoms with E-state index >= 15 is 0 Å². The quantitative estimate of drug-likeness (QED) is 0.930. The molecule has 1 aliphatic rings. The zero-order valence-corrected chi connectivity index (χ0v) is 14.9. The molecular weight excluding hydrogens is 314 g/mol. The molecule has 0 unspecified atom stereocenters. The van der Waals surface area contributed by atoms with Crippen LogP contribution in [0.1, 0.15) is 43.1 Å². The van der Waals surface area contributed by atoms with Gasteiger partial charge in [-0.05, 0) is 41.7 Å². The maximum absolute atomic E-state index is 12.7. The fourth-order valence-corrected chi connectivity index (χ4v) is 3.01. The maximum atomic E-state index is 12.7. The standard InChI is InChI=1S/C20H23N3O2/c1-20(2,3)13-18(24)22-16-5-4-14-8-11-23(17(14)12-16)19(25)15-6-9-21-10-7-15/h4-7,9-10,12H,8,11,13H2,1-3H3,(H,22,24). The number of aromatic nitrogens is 1. The average molecular weight is 337 g/mol. The van der Waals surface area contributed by atoms with Crippen LogP contribution in [0.3, 0.4) is 0 Å². The summed E-state index contributed by atoms with van der Waals surface area (Å²) in [7, 11) is 0. The van der Waals surface area contributed by atoms with Crippen molar-refractivity contribution in [3.05, 3.63) is 53.9 Å². The molecular formula is C20H23N3O2. The Morgan fingerprint density at radius 3 is 2.56 bits per heavy atom. The van der Waals surface area contributed by atoms with Gasteiger partial charge in [0.05, 0.1) is 0 Å². The van der Waals surface area contributed by atoms with Crippen molar-refractivity contribution in [1.82, 2.24) is 4.98 Å². The number of hydrogen-bond acceptors (Lipinski definition) is 3. The first-order valence-corrected chi connectivity index (χ1v) is 8.48. The monoisotopic (exact) mass is 337 g/mol. The van der Waals surface area contributed by atoms with Crippen molar-refractivity contribution in [3.8, 4) is 0 Å². The predicted octanol–water partition coefficient (Wildman–Crippen LogP) is 3.66. The molecule has 0 saturated carbocycles. The van der Waals surface area contributed by atoms with Gasteiger partial charge < -0.3 is 10.2 Å². The summed E-state index contributed by atoms with van der Waals surface area (Å²) in [5, 5.41) is 2.94. The van der Waals surface area contributed by atoms with E-state index in [1.165, 1.54) is 0 Å². The van der Waals surface area contributed by atoms with Crippen molar-refractivity contribution < 1.29 is 9.59 Å². The van der Waals surface area contributed by atoms with Gasteiger partial charge in [0.15, 0.2) is 0 Å². The van der Waals surface area contributed by atoms with Crippen LogP contribution in [0, 0.1) is 5.41 Å². The third-order valence-electron chi connectivity index (χ3n) is 4.13. The number of carbonyl (C=O) groups excluding carboxylic acids is 2. The van der Waals surface area contributed by atoms with Gasteiger partial charge in [-0.25, -0.2) is 0 Å². The fraction of sp³-hybridized carbons (Fsp3) is 0.350. The van der Waals surface area contributed by atoms with E-state index in [1.54, 1.807) is 29.4 Å². The van der Waals surface area contributed by atoms with E-state index in [2.05, 4.69) is 10.3 Å². The molecule has 1 aromatic heterocycles. The van der Waals surface area contributed by atoms with Crippen molar-refractivity contribution in [1.29, 1.82) is 0 Å². The molecule has 130 valence electrons. The van der Waals surface area contributed by atoms with E-state index in [0.29, 0.717) is 18.5 Å². The molecule has 1 aromatic carbocycles. The van der Waals surface area contributed by atoms with Gasteiger partial charge >= 0.3 is 0 Å². The van der Waals surface area contributed by atoms with E-state index in [1.807, 2.05) is 39.0 Å². The highest BCUT2D eigenvalue weighted by Crippen LogP contribution is 2.32. The zero-order chi connectivity index (χ0) is 18.0. The van der Waals surface area contributed by atoms with Crippen LogP contribution in [0.15, 0.2) is 42.7 Å². The van der Waals surface area contributed by atoms with Gasteiger partial charge in [0.1, 0.15) is 0 Å². The lowest BCUT2D eigenvalue weighted by atomic mass is 9.92. The number of rotatable bonds is 3. The Balaban J connectivity index is 1.80. The van der Waals surface area contributed by atoms with Gasteiger partial charge in [-0.1, -0.05) is 26.8 Å². The summed E-state index contributed by atoms with van der Waals surface area (Å²) in [4.78, 5) is 30.6. The minimum atomic E-state index is -0.0653. The van der Waals surface area contributed by atoms with Crippen LogP contribution in [0.4, 0.5) is 11.4 Å². The number of fused-ring (bicyclic) bond motifs is 1. The maximum Gasteiger partial charge on any atom is 0.258 e. The summed E-state index contributed by atoms with van der Waals surface area (Å²) in [5.41, 5.74) is 3.27. The Morgan fingerprint density at radius 1 is 1.16 bits per heavy atom. The van der Waals surface area contributed by atoms with E-state index in [0.717, 1.165) is 23.4 Å². The second kappa shape index (κ2) is 6.67. The second-order valence-corrected chi connectivity index (χ2v) is 7.57. The highest BCUT2D eigenvalue weighted by atomic mass is 16.2. The number of pyridine rings is 1. The van der Waals surface area contributed by atoms with E-state index in [4.69, 9.17) is 0 Å². The highest BCUT2D eigenvalue weighted by molar-refractivity contribution is 6.07. The minimum Gasteiger partial charge on any atom is -0.326 e. The molecule has 3 rings (SSSR count). The molecule has 0 fully saturated rings. The summed E-state index contributed by atoms with van der Waals surface area (Å²) in [6.45, 7) is 6.75. The molecule has 0 saturated heterocycles. The van der Waals surface area contributed by atoms with Crippen LogP contribution in [0.2, 0.25) is 0 Å². The number of carbonyl (C=O) groups is 2. The summed E-state index contributed by atoms with van der Waals surface area (Å²) < 4.78 is 0. The van der Waals surface area contributed by atoms with Crippen LogP contribution < -0.4 is 10.2 Å². The van der Waals surface area contributed by atoms with E-state index in [-0.39, 0.29) is 17.2 Å². The van der Waals surface area contributed by atoms with Crippen molar-refractivity contribution in [2.24, 2.45) is 5.41 Å². The van der Waals surface area contributed by atoms with Crippen LogP contribution in [0.5, 0.6) is 0 Å². The summed E-state index contributed by atoms with van der Waals surface area (Å²) >= 11 is 0. The first-order chi connectivity index (χ1) is 11.8. The van der Waals surface area contributed by atoms with Crippen molar-refractivity contribution in [2.75, 3.05) is 16.8 Å². The lowest BCUT2D eigenvalue weighted by molar-refractivity contribution is -0.117. The topological polar surface area (TPSA) is 62.3 Å². The Labute approximate surface area is 148 Å². The van der Waals surface area contributed by atoms with Crippen LogP contribution in [-0.2, 0) is 11.2 Å². The van der Waals surface area contributed by atoms with Gasteiger partial charge in [-0.2, -0.15) is 0 Å². The largest absolute Gasteiger partial charge is 0.326 e. The SMILES string of the molecule is CC(C)(C)CC(=O)Nc1ccc2c(c1)N(C(=O)c1ccncc1)CC2. The molecule has 2 amide bonds. The highest BCUT2D eigenvalue weighted by Gasteiger charge is 2.26. The summed E-state index contributed by atoms with van der Waals surface area (Å²) in [6, 6.07) is 9.22. The van der Waals surface area contributed by atoms with Gasteiger partial charge in [0, 0.05) is 42.3 Å². The molecule has 2 aromatic rings. The lowest BCUT2D eigenvalue weighted by Crippen LogP contribution is -2.29. The van der Waals surface area contributed by atoms with Gasteiger partial charge in [0.2, 0.25) is 5.91 Å². The number of nitrogens with zero attached hydrogens (tertiary/aromatic N) is 2. The average Bonchev–Trinajstić information content (AvgIpc) is 2.96. The number of anilines is 2. The van der Waals surface area contributed by atoms with Crippen LogP contribution in [0.25, 0.3) is 0 Å². The molecule has 1 N–H and O–H groups in total. The molecule has 0 spiro atoms. The molecule has 5 nitrogen and oxygen atoms in total. The smallest absolute Gasteiger partial charge is 0.258 e. The van der Waals surface area contributed by atoms with Crippen molar-refractivity contribution >= 4 is 23.2 Å². The number of nitrogens with one attached hydrogen (secondary N) is 1. The normalized spacial score (nSPS) is 13.5. The Morgan fingerprint density at radius 2 is 1.88 bits per heavy atom. The molecule has 1 aliphatic heterocycles. The first-order valence-electron chi connectivity index (χ1n) is 8.48. The molecule has 0 bridgehead atoms. The second-order valence-electron chi connectivity index (χ2n) is 7.57.